The Labute approximate surface area is 111 Å². The number of nitrogens with one attached hydrogen (secondary N) is 1. The lowest BCUT2D eigenvalue weighted by molar-refractivity contribution is 0.316. The van der Waals surface area contributed by atoms with Crippen LogP contribution in [-0.2, 0) is 13.1 Å². The number of aromatic hydroxyl groups is 1. The van der Waals surface area contributed by atoms with Gasteiger partial charge in [0.2, 0.25) is 5.89 Å². The van der Waals surface area contributed by atoms with E-state index in [4.69, 9.17) is 9.26 Å². The van der Waals surface area contributed by atoms with Gasteiger partial charge >= 0.3 is 0 Å². The van der Waals surface area contributed by atoms with Crippen LogP contribution < -0.4 is 10.1 Å². The number of benzene rings is 1. The molecule has 0 aliphatic carbocycles. The van der Waals surface area contributed by atoms with Crippen LogP contribution in [0.4, 0.5) is 0 Å². The molecule has 0 aliphatic heterocycles. The fourth-order valence-electron chi connectivity index (χ4n) is 1.70. The highest BCUT2D eigenvalue weighted by molar-refractivity contribution is 5.45. The Bertz CT molecular complexity index is 540. The Morgan fingerprint density at radius 1 is 1.37 bits per heavy atom. The van der Waals surface area contributed by atoms with Gasteiger partial charge in [0.1, 0.15) is 0 Å². The van der Waals surface area contributed by atoms with Crippen molar-refractivity contribution in [3.05, 3.63) is 35.5 Å². The number of phenolic OH excluding ortho intramolecular Hbond substituents is 1. The Morgan fingerprint density at radius 2 is 2.21 bits per heavy atom. The SMILES string of the molecule is CCOc1cccc(CNCc2nc(C)no2)c1O. The van der Waals surface area contributed by atoms with E-state index in [0.29, 0.717) is 37.2 Å². The molecule has 1 aromatic heterocycles. The number of rotatable bonds is 6. The van der Waals surface area contributed by atoms with Crippen molar-refractivity contribution < 1.29 is 14.4 Å². The summed E-state index contributed by atoms with van der Waals surface area (Å²) in [5, 5.41) is 16.8. The third-order valence-electron chi connectivity index (χ3n) is 2.54. The Morgan fingerprint density at radius 3 is 2.89 bits per heavy atom. The summed E-state index contributed by atoms with van der Waals surface area (Å²) < 4.78 is 10.3. The Hall–Kier alpha value is -2.08. The summed E-state index contributed by atoms with van der Waals surface area (Å²) in [5.41, 5.74) is 0.766. The summed E-state index contributed by atoms with van der Waals surface area (Å²) >= 11 is 0. The van der Waals surface area contributed by atoms with Gasteiger partial charge in [-0.1, -0.05) is 17.3 Å². The first-order chi connectivity index (χ1) is 9.20. The maximum Gasteiger partial charge on any atom is 0.240 e. The maximum atomic E-state index is 10.0. The van der Waals surface area contributed by atoms with Gasteiger partial charge in [0.25, 0.3) is 0 Å². The van der Waals surface area contributed by atoms with Gasteiger partial charge in [-0.25, -0.2) is 0 Å². The van der Waals surface area contributed by atoms with Gasteiger partial charge in [0.05, 0.1) is 13.2 Å². The molecule has 2 rings (SSSR count). The van der Waals surface area contributed by atoms with Crippen molar-refractivity contribution in [2.24, 2.45) is 0 Å². The van der Waals surface area contributed by atoms with Gasteiger partial charge in [-0.15, -0.1) is 0 Å². The first-order valence-electron chi connectivity index (χ1n) is 6.14. The Kier molecular flexibility index (Phi) is 4.35. The van der Waals surface area contributed by atoms with E-state index in [1.54, 1.807) is 13.0 Å². The molecule has 2 aromatic rings. The van der Waals surface area contributed by atoms with Crippen molar-refractivity contribution >= 4 is 0 Å². The molecule has 1 heterocycles. The number of phenols is 1. The van der Waals surface area contributed by atoms with E-state index in [1.165, 1.54) is 0 Å². The topological polar surface area (TPSA) is 80.4 Å². The van der Waals surface area contributed by atoms with Crippen LogP contribution in [0.15, 0.2) is 22.7 Å². The van der Waals surface area contributed by atoms with E-state index in [2.05, 4.69) is 15.5 Å². The molecule has 2 N–H and O–H groups in total. The van der Waals surface area contributed by atoms with Gasteiger partial charge in [-0.3, -0.25) is 0 Å². The van der Waals surface area contributed by atoms with E-state index in [1.807, 2.05) is 19.1 Å². The second-order valence-corrected chi connectivity index (χ2v) is 4.04. The van der Waals surface area contributed by atoms with Crippen LogP contribution in [0.1, 0.15) is 24.2 Å². The molecule has 0 unspecified atom stereocenters. The van der Waals surface area contributed by atoms with Gasteiger partial charge in [-0.2, -0.15) is 4.98 Å². The minimum absolute atomic E-state index is 0.165. The monoisotopic (exact) mass is 263 g/mol. The molecule has 0 aliphatic rings. The zero-order valence-corrected chi connectivity index (χ0v) is 11.0. The number of para-hydroxylation sites is 1. The second kappa shape index (κ2) is 6.19. The molecular formula is C13H17N3O3. The number of aromatic nitrogens is 2. The van der Waals surface area contributed by atoms with Crippen LogP contribution in [0, 0.1) is 6.92 Å². The number of ether oxygens (including phenoxy) is 1. The molecule has 0 amide bonds. The predicted octanol–water partition coefficient (Wildman–Crippen LogP) is 1.77. The lowest BCUT2D eigenvalue weighted by Crippen LogP contribution is -2.13. The van der Waals surface area contributed by atoms with E-state index < -0.39 is 0 Å². The molecule has 102 valence electrons. The molecule has 6 nitrogen and oxygen atoms in total. The first-order valence-corrected chi connectivity index (χ1v) is 6.14. The second-order valence-electron chi connectivity index (χ2n) is 4.04. The fraction of sp³-hybridized carbons (Fsp3) is 0.385. The standard InChI is InChI=1S/C13H17N3O3/c1-3-18-11-6-4-5-10(13(11)17)7-14-8-12-15-9(2)16-19-12/h4-6,14,17H,3,7-8H2,1-2H3. The summed E-state index contributed by atoms with van der Waals surface area (Å²) in [6.45, 7) is 5.12. The van der Waals surface area contributed by atoms with Crippen LogP contribution in [0.5, 0.6) is 11.5 Å². The lowest BCUT2D eigenvalue weighted by atomic mass is 10.2. The van der Waals surface area contributed by atoms with Crippen LogP contribution in [0.3, 0.4) is 0 Å². The van der Waals surface area contributed by atoms with Crippen LogP contribution in [-0.4, -0.2) is 21.9 Å². The number of hydrogen-bond acceptors (Lipinski definition) is 6. The van der Waals surface area contributed by atoms with Gasteiger partial charge < -0.3 is 19.7 Å². The highest BCUT2D eigenvalue weighted by Gasteiger charge is 2.08. The summed E-state index contributed by atoms with van der Waals surface area (Å²) in [6.07, 6.45) is 0. The van der Waals surface area contributed by atoms with Crippen molar-refractivity contribution in [3.63, 3.8) is 0 Å². The molecule has 0 radical (unpaired) electrons. The Balaban J connectivity index is 1.94. The zero-order valence-electron chi connectivity index (χ0n) is 11.0. The van der Waals surface area contributed by atoms with Gasteiger partial charge in [-0.05, 0) is 19.9 Å². The zero-order chi connectivity index (χ0) is 13.7. The summed E-state index contributed by atoms with van der Waals surface area (Å²) in [6, 6.07) is 5.42. The molecule has 0 atom stereocenters. The number of hydrogen-bond donors (Lipinski definition) is 2. The predicted molar refractivity (Wildman–Crippen MR) is 68.9 cm³/mol. The molecule has 19 heavy (non-hydrogen) atoms. The lowest BCUT2D eigenvalue weighted by Gasteiger charge is -2.10. The van der Waals surface area contributed by atoms with Crippen molar-refractivity contribution in [1.29, 1.82) is 0 Å². The molecule has 1 aromatic carbocycles. The van der Waals surface area contributed by atoms with Crippen molar-refractivity contribution in [2.45, 2.75) is 26.9 Å². The van der Waals surface area contributed by atoms with Crippen molar-refractivity contribution in [3.8, 4) is 11.5 Å². The van der Waals surface area contributed by atoms with Gasteiger partial charge in [0, 0.05) is 12.1 Å². The number of aryl methyl sites for hydroxylation is 1. The largest absolute Gasteiger partial charge is 0.504 e. The summed E-state index contributed by atoms with van der Waals surface area (Å²) in [5.74, 6) is 1.80. The van der Waals surface area contributed by atoms with E-state index >= 15 is 0 Å². The van der Waals surface area contributed by atoms with Crippen LogP contribution in [0.25, 0.3) is 0 Å². The van der Waals surface area contributed by atoms with Crippen LogP contribution >= 0.6 is 0 Å². The maximum absolute atomic E-state index is 10.0. The molecule has 6 heteroatoms. The molecule has 0 fully saturated rings. The highest BCUT2D eigenvalue weighted by Crippen LogP contribution is 2.29. The quantitative estimate of drug-likeness (QED) is 0.826. The molecule has 0 saturated heterocycles. The van der Waals surface area contributed by atoms with E-state index in [-0.39, 0.29) is 5.75 Å². The minimum Gasteiger partial charge on any atom is -0.504 e. The molecule has 0 saturated carbocycles. The fourth-order valence-corrected chi connectivity index (χ4v) is 1.70. The number of nitrogens with zero attached hydrogens (tertiary/aromatic N) is 2. The van der Waals surface area contributed by atoms with Gasteiger partial charge in [0.15, 0.2) is 17.3 Å². The summed E-state index contributed by atoms with van der Waals surface area (Å²) in [7, 11) is 0. The minimum atomic E-state index is 0.165. The third-order valence-corrected chi connectivity index (χ3v) is 2.54. The van der Waals surface area contributed by atoms with Crippen molar-refractivity contribution in [2.75, 3.05) is 6.61 Å². The average molecular weight is 263 g/mol. The summed E-state index contributed by atoms with van der Waals surface area (Å²) in [4.78, 5) is 4.08. The first kappa shape index (κ1) is 13.4. The average Bonchev–Trinajstić information content (AvgIpc) is 2.80. The highest BCUT2D eigenvalue weighted by atomic mass is 16.5. The van der Waals surface area contributed by atoms with Crippen LogP contribution in [0.2, 0.25) is 0 Å². The van der Waals surface area contributed by atoms with Crippen molar-refractivity contribution in [1.82, 2.24) is 15.5 Å². The third kappa shape index (κ3) is 3.45. The van der Waals surface area contributed by atoms with E-state index in [9.17, 15) is 5.11 Å². The molecule has 0 bridgehead atoms. The smallest absolute Gasteiger partial charge is 0.240 e. The van der Waals surface area contributed by atoms with E-state index in [0.717, 1.165) is 5.56 Å². The molecular weight excluding hydrogens is 246 g/mol. The normalized spacial score (nSPS) is 10.6. The molecule has 0 spiro atoms.